The van der Waals surface area contributed by atoms with Gasteiger partial charge in [-0.1, -0.05) is 6.07 Å². The molecule has 5 nitrogen and oxygen atoms in total. The predicted molar refractivity (Wildman–Crippen MR) is 57.3 cm³/mol. The van der Waals surface area contributed by atoms with Crippen molar-refractivity contribution in [2.45, 2.75) is 19.1 Å². The first-order valence-electron chi connectivity index (χ1n) is 5.29. The number of rotatable bonds is 3. The summed E-state index contributed by atoms with van der Waals surface area (Å²) in [4.78, 5) is 10.2. The molecule has 0 N–H and O–H groups in total. The van der Waals surface area contributed by atoms with Gasteiger partial charge in [0.1, 0.15) is 0 Å². The second-order valence-corrected chi connectivity index (χ2v) is 3.99. The largest absolute Gasteiger partial charge is 0.346 e. The number of halogens is 2. The highest BCUT2D eigenvalue weighted by Gasteiger charge is 2.31. The number of nitro groups is 1. The smallest absolute Gasteiger partial charge is 0.278 e. The summed E-state index contributed by atoms with van der Waals surface area (Å²) >= 11 is 0. The molecule has 1 aliphatic rings. The number of nitrogens with zero attached hydrogens (tertiary/aromatic N) is 1. The third kappa shape index (κ3) is 2.46. The molecule has 7 heteroatoms. The van der Waals surface area contributed by atoms with Crippen LogP contribution in [0.2, 0.25) is 0 Å². The lowest BCUT2D eigenvalue weighted by Gasteiger charge is -2.14. The molecule has 1 aliphatic heterocycles. The fraction of sp³-hybridized carbons (Fsp3) is 0.455. The molecule has 1 saturated heterocycles. The minimum Gasteiger partial charge on any atom is -0.346 e. The highest BCUT2D eigenvalue weighted by Crippen LogP contribution is 2.36. The molecule has 0 saturated carbocycles. The molecule has 0 unspecified atom stereocenters. The normalized spacial score (nSPS) is 17.1. The van der Waals surface area contributed by atoms with E-state index in [1.54, 1.807) is 0 Å². The van der Waals surface area contributed by atoms with Crippen molar-refractivity contribution in [3.05, 3.63) is 39.4 Å². The second-order valence-electron chi connectivity index (χ2n) is 3.99. The van der Waals surface area contributed by atoms with Gasteiger partial charge < -0.3 is 9.47 Å². The van der Waals surface area contributed by atoms with E-state index >= 15 is 0 Å². The summed E-state index contributed by atoms with van der Waals surface area (Å²) in [6.45, 7) is 1.34. The van der Waals surface area contributed by atoms with Gasteiger partial charge in [0, 0.05) is 18.6 Å². The van der Waals surface area contributed by atoms with Gasteiger partial charge in [-0.25, -0.2) is 8.78 Å². The van der Waals surface area contributed by atoms with Gasteiger partial charge in [0.2, 0.25) is 0 Å². The molecular weight excluding hydrogens is 248 g/mol. The summed E-state index contributed by atoms with van der Waals surface area (Å²) in [5, 5.41) is 10.9. The number of hydrogen-bond donors (Lipinski definition) is 0. The van der Waals surface area contributed by atoms with Crippen molar-refractivity contribution in [2.75, 3.05) is 13.2 Å². The molecule has 0 bridgehead atoms. The minimum atomic E-state index is -3.12. The molecule has 1 aromatic carbocycles. The van der Waals surface area contributed by atoms with E-state index in [2.05, 4.69) is 0 Å². The first kappa shape index (κ1) is 12.8. The number of nitro benzene ring substituents is 1. The Morgan fingerprint density at radius 3 is 2.50 bits per heavy atom. The van der Waals surface area contributed by atoms with Crippen molar-refractivity contribution in [1.82, 2.24) is 0 Å². The van der Waals surface area contributed by atoms with Crippen molar-refractivity contribution in [2.24, 2.45) is 0 Å². The monoisotopic (exact) mass is 259 g/mol. The third-order valence-electron chi connectivity index (χ3n) is 2.61. The molecule has 1 aromatic rings. The molecule has 2 rings (SSSR count). The fourth-order valence-corrected chi connectivity index (χ4v) is 1.71. The van der Waals surface area contributed by atoms with Gasteiger partial charge in [-0.05, 0) is 6.07 Å². The Balaban J connectivity index is 2.44. The molecule has 0 atom stereocenters. The third-order valence-corrected chi connectivity index (χ3v) is 2.61. The maximum Gasteiger partial charge on any atom is 0.278 e. The first-order chi connectivity index (χ1) is 8.39. The molecule has 0 aliphatic carbocycles. The highest BCUT2D eigenvalue weighted by atomic mass is 19.3. The van der Waals surface area contributed by atoms with Crippen LogP contribution >= 0.6 is 0 Å². The van der Waals surface area contributed by atoms with Crippen LogP contribution in [-0.4, -0.2) is 18.1 Å². The van der Waals surface area contributed by atoms with Crippen LogP contribution in [0.1, 0.15) is 24.3 Å². The van der Waals surface area contributed by atoms with E-state index in [1.807, 2.05) is 0 Å². The molecular formula is C11H11F2NO4. The minimum absolute atomic E-state index is 0.158. The Morgan fingerprint density at radius 2 is 2.00 bits per heavy atom. The molecule has 18 heavy (non-hydrogen) atoms. The Labute approximate surface area is 101 Å². The van der Waals surface area contributed by atoms with E-state index in [9.17, 15) is 18.9 Å². The summed E-state index contributed by atoms with van der Waals surface area (Å²) in [6.07, 6.45) is -0.857. The molecule has 0 spiro atoms. The average Bonchev–Trinajstić information content (AvgIpc) is 2.80. The number of hydrogen-bond acceptors (Lipinski definition) is 4. The van der Waals surface area contributed by atoms with Gasteiger partial charge in [0.25, 0.3) is 11.6 Å². The van der Waals surface area contributed by atoms with E-state index in [0.717, 1.165) is 12.1 Å². The summed E-state index contributed by atoms with van der Waals surface area (Å²) in [5.41, 5.74) is -0.664. The van der Waals surface area contributed by atoms with Crippen molar-refractivity contribution in [3.63, 3.8) is 0 Å². The van der Waals surface area contributed by atoms with Crippen LogP contribution in [0.25, 0.3) is 0 Å². The topological polar surface area (TPSA) is 61.6 Å². The zero-order valence-corrected chi connectivity index (χ0v) is 9.56. The van der Waals surface area contributed by atoms with Crippen LogP contribution in [0, 0.1) is 10.1 Å². The molecule has 0 radical (unpaired) electrons. The van der Waals surface area contributed by atoms with Crippen molar-refractivity contribution < 1.29 is 23.2 Å². The predicted octanol–water partition coefficient (Wildman–Crippen LogP) is 2.75. The Kier molecular flexibility index (Phi) is 3.27. The van der Waals surface area contributed by atoms with E-state index in [1.165, 1.54) is 6.07 Å². The molecule has 98 valence electrons. The number of alkyl halides is 2. The van der Waals surface area contributed by atoms with Crippen LogP contribution in [0.15, 0.2) is 18.2 Å². The van der Waals surface area contributed by atoms with Gasteiger partial charge in [-0.3, -0.25) is 10.1 Å². The van der Waals surface area contributed by atoms with Crippen LogP contribution in [-0.2, 0) is 15.4 Å². The number of benzene rings is 1. The van der Waals surface area contributed by atoms with E-state index in [0.29, 0.717) is 20.1 Å². The average molecular weight is 259 g/mol. The van der Waals surface area contributed by atoms with Crippen LogP contribution < -0.4 is 0 Å². The van der Waals surface area contributed by atoms with E-state index in [4.69, 9.17) is 9.47 Å². The highest BCUT2D eigenvalue weighted by molar-refractivity contribution is 5.45. The second kappa shape index (κ2) is 4.58. The maximum atomic E-state index is 13.1. The van der Waals surface area contributed by atoms with E-state index in [-0.39, 0.29) is 5.56 Å². The molecule has 1 heterocycles. The quantitative estimate of drug-likeness (QED) is 0.618. The van der Waals surface area contributed by atoms with E-state index < -0.39 is 28.4 Å². The zero-order chi connectivity index (χ0) is 13.3. The first-order valence-corrected chi connectivity index (χ1v) is 5.29. The fourth-order valence-electron chi connectivity index (χ4n) is 1.71. The lowest BCUT2D eigenvalue weighted by Crippen LogP contribution is -2.10. The summed E-state index contributed by atoms with van der Waals surface area (Å²) < 4.78 is 36.5. The summed E-state index contributed by atoms with van der Waals surface area (Å²) in [7, 11) is 0. The summed E-state index contributed by atoms with van der Waals surface area (Å²) in [5.74, 6) is -3.12. The van der Waals surface area contributed by atoms with Gasteiger partial charge in [0.15, 0.2) is 6.29 Å². The lowest BCUT2D eigenvalue weighted by atomic mass is 10.0. The van der Waals surface area contributed by atoms with Gasteiger partial charge in [-0.15, -0.1) is 0 Å². The standard InChI is InChI=1S/C11H11F2NO4/c1-11(12,13)7-2-3-8(9(6-7)14(15)16)10-17-4-5-18-10/h2-3,6,10H,4-5H2,1H3. The van der Waals surface area contributed by atoms with Crippen molar-refractivity contribution in [3.8, 4) is 0 Å². The van der Waals surface area contributed by atoms with Crippen LogP contribution in [0.5, 0.6) is 0 Å². The summed E-state index contributed by atoms with van der Waals surface area (Å²) in [6, 6.07) is 3.26. The van der Waals surface area contributed by atoms with Crippen molar-refractivity contribution in [1.29, 1.82) is 0 Å². The lowest BCUT2D eigenvalue weighted by molar-refractivity contribution is -0.386. The molecule has 0 amide bonds. The van der Waals surface area contributed by atoms with Crippen LogP contribution in [0.3, 0.4) is 0 Å². The number of ether oxygens (including phenoxy) is 2. The molecule has 1 fully saturated rings. The van der Waals surface area contributed by atoms with Crippen molar-refractivity contribution >= 4 is 5.69 Å². The molecule has 0 aromatic heterocycles. The van der Waals surface area contributed by atoms with Crippen LogP contribution in [0.4, 0.5) is 14.5 Å². The van der Waals surface area contributed by atoms with Gasteiger partial charge in [-0.2, -0.15) is 0 Å². The van der Waals surface area contributed by atoms with Gasteiger partial charge in [0.05, 0.1) is 23.7 Å². The SMILES string of the molecule is CC(F)(F)c1ccc(C2OCCO2)c([N+](=O)[O-])c1. The Hall–Kier alpha value is -1.60. The van der Waals surface area contributed by atoms with Gasteiger partial charge >= 0.3 is 0 Å². The zero-order valence-electron chi connectivity index (χ0n) is 9.56. The maximum absolute atomic E-state index is 13.1. The Bertz CT molecular complexity index is 467. The Morgan fingerprint density at radius 1 is 1.39 bits per heavy atom.